The van der Waals surface area contributed by atoms with Gasteiger partial charge in [-0.1, -0.05) is 31.4 Å². The fourth-order valence-electron chi connectivity index (χ4n) is 4.28. The first-order valence-electron chi connectivity index (χ1n) is 9.36. The van der Waals surface area contributed by atoms with Gasteiger partial charge in [-0.25, -0.2) is 4.79 Å². The number of nitrogens with zero attached hydrogens (tertiary/aromatic N) is 2. The molecule has 1 aliphatic carbocycles. The van der Waals surface area contributed by atoms with Gasteiger partial charge in [-0.15, -0.1) is 0 Å². The molecule has 1 N–H and O–H groups in total. The molecule has 130 valence electrons. The molecule has 2 heterocycles. The fourth-order valence-corrected chi connectivity index (χ4v) is 4.28. The van der Waals surface area contributed by atoms with E-state index in [1.807, 2.05) is 41.3 Å². The first kappa shape index (κ1) is 16.1. The number of rotatable bonds is 2. The molecule has 1 saturated heterocycles. The van der Waals surface area contributed by atoms with Crippen molar-refractivity contribution in [2.45, 2.75) is 32.1 Å². The molecular weight excluding hydrogens is 310 g/mol. The van der Waals surface area contributed by atoms with Gasteiger partial charge < -0.3 is 10.2 Å². The van der Waals surface area contributed by atoms with Crippen LogP contribution in [0.25, 0.3) is 11.1 Å². The quantitative estimate of drug-likeness (QED) is 0.857. The molecule has 1 aliphatic heterocycles. The largest absolute Gasteiger partial charge is 0.324 e. The highest BCUT2D eigenvalue weighted by molar-refractivity contribution is 5.89. The van der Waals surface area contributed by atoms with Crippen molar-refractivity contribution in [3.8, 4) is 11.1 Å². The molecule has 25 heavy (non-hydrogen) atoms. The van der Waals surface area contributed by atoms with Crippen molar-refractivity contribution in [1.29, 1.82) is 0 Å². The monoisotopic (exact) mass is 335 g/mol. The van der Waals surface area contributed by atoms with Crippen LogP contribution >= 0.6 is 0 Å². The van der Waals surface area contributed by atoms with Crippen LogP contribution in [0.4, 0.5) is 10.5 Å². The van der Waals surface area contributed by atoms with Crippen molar-refractivity contribution >= 4 is 11.7 Å². The van der Waals surface area contributed by atoms with Gasteiger partial charge in [-0.2, -0.15) is 0 Å². The summed E-state index contributed by atoms with van der Waals surface area (Å²) in [4.78, 5) is 18.7. The third-order valence-corrected chi connectivity index (χ3v) is 5.73. The van der Waals surface area contributed by atoms with Crippen LogP contribution in [-0.2, 0) is 0 Å². The zero-order valence-corrected chi connectivity index (χ0v) is 14.5. The van der Waals surface area contributed by atoms with Crippen LogP contribution in [0.1, 0.15) is 32.1 Å². The molecular formula is C21H25N3O. The Labute approximate surface area is 149 Å². The molecule has 0 bridgehead atoms. The van der Waals surface area contributed by atoms with Crippen LogP contribution in [-0.4, -0.2) is 29.0 Å². The lowest BCUT2D eigenvalue weighted by Gasteiger charge is -2.41. The Hall–Kier alpha value is -2.36. The summed E-state index contributed by atoms with van der Waals surface area (Å²) in [5.41, 5.74) is 3.12. The molecule has 0 radical (unpaired) electrons. The number of piperidine rings is 1. The van der Waals surface area contributed by atoms with Gasteiger partial charge in [0.05, 0.1) is 0 Å². The molecule has 2 unspecified atom stereocenters. The van der Waals surface area contributed by atoms with E-state index < -0.39 is 0 Å². The maximum atomic E-state index is 12.6. The minimum Gasteiger partial charge on any atom is -0.324 e. The Balaban J connectivity index is 1.38. The molecule has 4 rings (SSSR count). The summed E-state index contributed by atoms with van der Waals surface area (Å²) in [6.07, 6.45) is 10.1. The standard InChI is InChI=1S/C21H25N3O/c25-21(24-14-11-16-3-1-2-4-19(16)15-24)23-20-7-5-17(6-8-20)18-9-12-22-13-10-18/h5-10,12-13,16,19H,1-4,11,14-15H2,(H,23,25). The first-order chi connectivity index (χ1) is 12.3. The van der Waals surface area contributed by atoms with Crippen LogP contribution in [0.2, 0.25) is 0 Å². The van der Waals surface area contributed by atoms with Crippen LogP contribution in [0.15, 0.2) is 48.8 Å². The highest BCUT2D eigenvalue weighted by Gasteiger charge is 2.32. The zero-order valence-electron chi connectivity index (χ0n) is 14.5. The lowest BCUT2D eigenvalue weighted by atomic mass is 9.75. The minimum atomic E-state index is 0.0423. The Bertz CT molecular complexity index is 714. The predicted molar refractivity (Wildman–Crippen MR) is 100 cm³/mol. The number of carbonyl (C=O) groups excluding carboxylic acids is 1. The number of anilines is 1. The Kier molecular flexibility index (Phi) is 4.68. The summed E-state index contributed by atoms with van der Waals surface area (Å²) in [6.45, 7) is 1.81. The van der Waals surface area contributed by atoms with Gasteiger partial charge in [-0.05, 0) is 60.1 Å². The molecule has 4 nitrogen and oxygen atoms in total. The Morgan fingerprint density at radius 3 is 2.36 bits per heavy atom. The van der Waals surface area contributed by atoms with Crippen LogP contribution in [0, 0.1) is 11.8 Å². The summed E-state index contributed by atoms with van der Waals surface area (Å²) in [5.74, 6) is 1.56. The van der Waals surface area contributed by atoms with Crippen molar-refractivity contribution in [1.82, 2.24) is 9.88 Å². The molecule has 2 atom stereocenters. The van der Waals surface area contributed by atoms with Gasteiger partial charge >= 0.3 is 6.03 Å². The van der Waals surface area contributed by atoms with E-state index in [1.165, 1.54) is 32.1 Å². The molecule has 1 saturated carbocycles. The van der Waals surface area contributed by atoms with Gasteiger partial charge in [0.25, 0.3) is 0 Å². The van der Waals surface area contributed by atoms with Crippen LogP contribution < -0.4 is 5.32 Å². The third-order valence-electron chi connectivity index (χ3n) is 5.73. The SMILES string of the molecule is O=C(Nc1ccc(-c2ccncc2)cc1)N1CCC2CCCCC2C1. The van der Waals surface area contributed by atoms with Crippen molar-refractivity contribution in [2.24, 2.45) is 11.8 Å². The number of aromatic nitrogens is 1. The number of carbonyl (C=O) groups is 1. The summed E-state index contributed by atoms with van der Waals surface area (Å²) < 4.78 is 0. The van der Waals surface area contributed by atoms with E-state index in [4.69, 9.17) is 0 Å². The Morgan fingerprint density at radius 1 is 0.920 bits per heavy atom. The van der Waals surface area contributed by atoms with E-state index in [0.717, 1.165) is 35.8 Å². The summed E-state index contributed by atoms with van der Waals surface area (Å²) in [5, 5.41) is 3.06. The molecule has 0 spiro atoms. The fraction of sp³-hybridized carbons (Fsp3) is 0.429. The third kappa shape index (κ3) is 3.68. The number of nitrogens with one attached hydrogen (secondary N) is 1. The van der Waals surface area contributed by atoms with Gasteiger partial charge in [-0.3, -0.25) is 4.98 Å². The van der Waals surface area contributed by atoms with Crippen LogP contribution in [0.3, 0.4) is 0 Å². The van der Waals surface area contributed by atoms with Crippen LogP contribution in [0.5, 0.6) is 0 Å². The van der Waals surface area contributed by atoms with E-state index in [0.29, 0.717) is 5.92 Å². The number of hydrogen-bond donors (Lipinski definition) is 1. The van der Waals surface area contributed by atoms with Crippen molar-refractivity contribution in [2.75, 3.05) is 18.4 Å². The molecule has 2 aliphatic rings. The smallest absolute Gasteiger partial charge is 0.321 e. The maximum Gasteiger partial charge on any atom is 0.321 e. The maximum absolute atomic E-state index is 12.6. The van der Waals surface area contributed by atoms with E-state index >= 15 is 0 Å². The van der Waals surface area contributed by atoms with Gasteiger partial charge in [0.1, 0.15) is 0 Å². The minimum absolute atomic E-state index is 0.0423. The lowest BCUT2D eigenvalue weighted by Crippen LogP contribution is -2.46. The second-order valence-electron chi connectivity index (χ2n) is 7.28. The zero-order chi connectivity index (χ0) is 17.1. The summed E-state index contributed by atoms with van der Waals surface area (Å²) >= 11 is 0. The van der Waals surface area contributed by atoms with E-state index in [2.05, 4.69) is 10.3 Å². The molecule has 2 fully saturated rings. The summed E-state index contributed by atoms with van der Waals surface area (Å²) in [7, 11) is 0. The molecule has 2 amide bonds. The second kappa shape index (κ2) is 7.26. The number of fused-ring (bicyclic) bond motifs is 1. The highest BCUT2D eigenvalue weighted by Crippen LogP contribution is 2.36. The van der Waals surface area contributed by atoms with Crippen molar-refractivity contribution < 1.29 is 4.79 Å². The average molecular weight is 335 g/mol. The molecule has 4 heteroatoms. The number of amides is 2. The van der Waals surface area contributed by atoms with Crippen molar-refractivity contribution in [3.05, 3.63) is 48.8 Å². The van der Waals surface area contributed by atoms with E-state index in [9.17, 15) is 4.79 Å². The number of hydrogen-bond acceptors (Lipinski definition) is 2. The van der Waals surface area contributed by atoms with E-state index in [1.54, 1.807) is 12.4 Å². The topological polar surface area (TPSA) is 45.2 Å². The lowest BCUT2D eigenvalue weighted by molar-refractivity contribution is 0.108. The number of likely N-dealkylation sites (tertiary alicyclic amines) is 1. The van der Waals surface area contributed by atoms with Gasteiger partial charge in [0.15, 0.2) is 0 Å². The number of pyridine rings is 1. The van der Waals surface area contributed by atoms with E-state index in [-0.39, 0.29) is 6.03 Å². The number of benzene rings is 1. The van der Waals surface area contributed by atoms with Gasteiger partial charge in [0.2, 0.25) is 0 Å². The number of urea groups is 1. The highest BCUT2D eigenvalue weighted by atomic mass is 16.2. The van der Waals surface area contributed by atoms with Crippen molar-refractivity contribution in [3.63, 3.8) is 0 Å². The molecule has 2 aromatic rings. The molecule has 1 aromatic heterocycles. The van der Waals surface area contributed by atoms with Gasteiger partial charge in [0, 0.05) is 31.2 Å². The molecule has 1 aromatic carbocycles. The summed E-state index contributed by atoms with van der Waals surface area (Å²) in [6, 6.07) is 12.0. The Morgan fingerprint density at radius 2 is 1.60 bits per heavy atom. The predicted octanol–water partition coefficient (Wildman–Crippen LogP) is 4.79. The normalized spacial score (nSPS) is 23.0. The first-order valence-corrected chi connectivity index (χ1v) is 9.36. The average Bonchev–Trinajstić information content (AvgIpc) is 2.69. The second-order valence-corrected chi connectivity index (χ2v) is 7.28.